The van der Waals surface area contributed by atoms with E-state index >= 15 is 0 Å². The van der Waals surface area contributed by atoms with Gasteiger partial charge in [-0.1, -0.05) is 40.1 Å². The molecule has 0 fully saturated rings. The summed E-state index contributed by atoms with van der Waals surface area (Å²) in [7, 11) is 0. The molecule has 0 aliphatic carbocycles. The molecule has 2 N–H and O–H groups in total. The number of hydrogen-bond donors (Lipinski definition) is 1. The maximum atomic E-state index is 6.01. The summed E-state index contributed by atoms with van der Waals surface area (Å²) in [6, 6.07) is 10.1. The number of nitrogen functional groups attached to an aromatic ring is 1. The molecule has 0 unspecified atom stereocenters. The Hall–Kier alpha value is -1.59. The maximum absolute atomic E-state index is 6.01. The fourth-order valence-corrected chi connectivity index (χ4v) is 3.57. The minimum absolute atomic E-state index is 0.425. The second-order valence-electron chi connectivity index (χ2n) is 4.41. The Morgan fingerprint density at radius 2 is 2.20 bits per heavy atom. The van der Waals surface area contributed by atoms with Crippen molar-refractivity contribution in [3.63, 3.8) is 0 Å². The van der Waals surface area contributed by atoms with Crippen LogP contribution in [0.2, 0.25) is 0 Å². The van der Waals surface area contributed by atoms with Crippen LogP contribution < -0.4 is 5.73 Å². The normalized spacial score (nSPS) is 10.9. The molecule has 1 aromatic carbocycles. The van der Waals surface area contributed by atoms with Gasteiger partial charge >= 0.3 is 0 Å². The Labute approximate surface area is 129 Å². The molecule has 0 radical (unpaired) electrons. The Balaban J connectivity index is 2.20. The average molecular weight is 349 g/mol. The van der Waals surface area contributed by atoms with Gasteiger partial charge in [-0.3, -0.25) is 0 Å². The van der Waals surface area contributed by atoms with Crippen molar-refractivity contribution in [2.75, 3.05) is 5.73 Å². The smallest absolute Gasteiger partial charge is 0.187 e. The van der Waals surface area contributed by atoms with Crippen LogP contribution in [-0.4, -0.2) is 5.16 Å². The quantitative estimate of drug-likeness (QED) is 0.726. The first-order valence-corrected chi connectivity index (χ1v) is 7.95. The Bertz CT molecular complexity index is 748. The molecule has 3 nitrogen and oxygen atoms in total. The predicted octanol–water partition coefficient (Wildman–Crippen LogP) is 4.98. The summed E-state index contributed by atoms with van der Waals surface area (Å²) in [6.07, 6.45) is 0.956. The predicted molar refractivity (Wildman–Crippen MR) is 86.7 cm³/mol. The molecular weight excluding hydrogens is 336 g/mol. The van der Waals surface area contributed by atoms with Crippen LogP contribution in [0.3, 0.4) is 0 Å². The molecule has 3 rings (SSSR count). The average Bonchev–Trinajstić information content (AvgIpc) is 3.04. The molecule has 2 aromatic heterocycles. The van der Waals surface area contributed by atoms with Crippen LogP contribution in [0.1, 0.15) is 12.5 Å². The minimum atomic E-state index is 0.425. The summed E-state index contributed by atoms with van der Waals surface area (Å²) < 4.78 is 6.50. The molecule has 0 saturated carbocycles. The number of aryl methyl sites for hydroxylation is 1. The van der Waals surface area contributed by atoms with E-state index in [1.807, 2.05) is 24.3 Å². The van der Waals surface area contributed by atoms with Gasteiger partial charge in [0, 0.05) is 4.47 Å². The van der Waals surface area contributed by atoms with E-state index in [1.54, 1.807) is 11.3 Å². The second-order valence-corrected chi connectivity index (χ2v) is 6.24. The third-order valence-corrected chi connectivity index (χ3v) is 4.61. The Kier molecular flexibility index (Phi) is 3.63. The summed E-state index contributed by atoms with van der Waals surface area (Å²) in [5.74, 6) is 1.18. The van der Waals surface area contributed by atoms with E-state index in [1.165, 1.54) is 5.56 Å². The number of nitrogens with zero attached hydrogens (tertiary/aromatic N) is 1. The van der Waals surface area contributed by atoms with E-state index < -0.39 is 0 Å². The van der Waals surface area contributed by atoms with Gasteiger partial charge in [0.25, 0.3) is 0 Å². The highest BCUT2D eigenvalue weighted by Crippen LogP contribution is 2.41. The van der Waals surface area contributed by atoms with Gasteiger partial charge in [0.05, 0.1) is 10.4 Å². The molecule has 20 heavy (non-hydrogen) atoms. The zero-order valence-corrected chi connectivity index (χ0v) is 13.3. The standard InChI is InChI=1S/C15H13BrN2OS/c1-2-9-6-7-20-14(9)13-12(15(17)18-19-13)10-4-3-5-11(16)8-10/h3-8H,2H2,1H3,(H2,17,18). The highest BCUT2D eigenvalue weighted by molar-refractivity contribution is 9.10. The van der Waals surface area contributed by atoms with E-state index in [-0.39, 0.29) is 0 Å². The van der Waals surface area contributed by atoms with Crippen LogP contribution in [0.25, 0.3) is 21.8 Å². The molecule has 0 spiro atoms. The highest BCUT2D eigenvalue weighted by atomic mass is 79.9. The molecule has 5 heteroatoms. The number of benzene rings is 1. The van der Waals surface area contributed by atoms with Crippen molar-refractivity contribution >= 4 is 33.1 Å². The number of rotatable bonds is 3. The summed E-state index contributed by atoms with van der Waals surface area (Å²) >= 11 is 5.14. The van der Waals surface area contributed by atoms with Gasteiger partial charge in [-0.25, -0.2) is 0 Å². The van der Waals surface area contributed by atoms with Crippen molar-refractivity contribution in [2.24, 2.45) is 0 Å². The van der Waals surface area contributed by atoms with E-state index in [0.717, 1.165) is 32.7 Å². The molecule has 0 bridgehead atoms. The maximum Gasteiger partial charge on any atom is 0.187 e. The number of nitrogens with two attached hydrogens (primary N) is 1. The minimum Gasteiger partial charge on any atom is -0.380 e. The van der Waals surface area contributed by atoms with Crippen molar-refractivity contribution in [2.45, 2.75) is 13.3 Å². The fraction of sp³-hybridized carbons (Fsp3) is 0.133. The summed E-state index contributed by atoms with van der Waals surface area (Å²) in [5.41, 5.74) is 9.13. The summed E-state index contributed by atoms with van der Waals surface area (Å²) in [5, 5.41) is 6.02. The Morgan fingerprint density at radius 1 is 1.35 bits per heavy atom. The second kappa shape index (κ2) is 5.42. The fourth-order valence-electron chi connectivity index (χ4n) is 2.19. The van der Waals surface area contributed by atoms with Crippen LogP contribution in [0.5, 0.6) is 0 Å². The van der Waals surface area contributed by atoms with Crippen LogP contribution in [0, 0.1) is 0 Å². The van der Waals surface area contributed by atoms with Crippen LogP contribution in [0.4, 0.5) is 5.82 Å². The molecule has 102 valence electrons. The molecular formula is C15H13BrN2OS. The van der Waals surface area contributed by atoms with Crippen molar-refractivity contribution in [3.8, 4) is 21.8 Å². The summed E-state index contributed by atoms with van der Waals surface area (Å²) in [4.78, 5) is 1.10. The number of anilines is 1. The first-order valence-electron chi connectivity index (χ1n) is 6.28. The highest BCUT2D eigenvalue weighted by Gasteiger charge is 2.20. The molecule has 0 amide bonds. The van der Waals surface area contributed by atoms with Gasteiger partial charge < -0.3 is 10.3 Å². The largest absolute Gasteiger partial charge is 0.380 e. The van der Waals surface area contributed by atoms with E-state index in [9.17, 15) is 0 Å². The molecule has 0 saturated heterocycles. The van der Waals surface area contributed by atoms with Crippen molar-refractivity contribution in [1.29, 1.82) is 0 Å². The van der Waals surface area contributed by atoms with Crippen LogP contribution in [0.15, 0.2) is 44.7 Å². The van der Waals surface area contributed by atoms with Crippen LogP contribution >= 0.6 is 27.3 Å². The molecule has 0 aliphatic heterocycles. The zero-order valence-electron chi connectivity index (χ0n) is 10.9. The first-order chi connectivity index (χ1) is 9.70. The van der Waals surface area contributed by atoms with Gasteiger partial charge in [-0.05, 0) is 41.1 Å². The van der Waals surface area contributed by atoms with Gasteiger partial charge in [0.2, 0.25) is 0 Å². The molecule has 0 aliphatic rings. The topological polar surface area (TPSA) is 52.0 Å². The third-order valence-electron chi connectivity index (χ3n) is 3.17. The summed E-state index contributed by atoms with van der Waals surface area (Å²) in [6.45, 7) is 2.13. The monoisotopic (exact) mass is 348 g/mol. The lowest BCUT2D eigenvalue weighted by Crippen LogP contribution is -1.89. The van der Waals surface area contributed by atoms with Crippen LogP contribution in [-0.2, 0) is 6.42 Å². The Morgan fingerprint density at radius 3 is 2.95 bits per heavy atom. The first kappa shape index (κ1) is 13.4. The molecule has 3 aromatic rings. The van der Waals surface area contributed by atoms with Gasteiger partial charge in [0.15, 0.2) is 11.6 Å². The van der Waals surface area contributed by atoms with Crippen molar-refractivity contribution in [3.05, 3.63) is 45.7 Å². The zero-order chi connectivity index (χ0) is 14.1. The number of halogens is 1. The lowest BCUT2D eigenvalue weighted by atomic mass is 10.0. The van der Waals surface area contributed by atoms with Gasteiger partial charge in [-0.15, -0.1) is 11.3 Å². The van der Waals surface area contributed by atoms with E-state index in [0.29, 0.717) is 5.82 Å². The number of thiophene rings is 1. The van der Waals surface area contributed by atoms with Crippen molar-refractivity contribution in [1.82, 2.24) is 5.16 Å². The molecule has 2 heterocycles. The van der Waals surface area contributed by atoms with E-state index in [4.69, 9.17) is 10.3 Å². The third kappa shape index (κ3) is 2.27. The lowest BCUT2D eigenvalue weighted by molar-refractivity contribution is 0.436. The molecule has 0 atom stereocenters. The van der Waals surface area contributed by atoms with Crippen molar-refractivity contribution < 1.29 is 4.52 Å². The van der Waals surface area contributed by atoms with E-state index in [2.05, 4.69) is 39.5 Å². The van der Waals surface area contributed by atoms with Gasteiger partial charge in [-0.2, -0.15) is 0 Å². The number of aromatic nitrogens is 1. The SMILES string of the molecule is CCc1ccsc1-c1onc(N)c1-c1cccc(Br)c1. The van der Waals surface area contributed by atoms with Gasteiger partial charge in [0.1, 0.15) is 0 Å². The lowest BCUT2D eigenvalue weighted by Gasteiger charge is -2.03. The number of hydrogen-bond acceptors (Lipinski definition) is 4.